The molecule has 3 nitrogen and oxygen atoms in total. The fourth-order valence-electron chi connectivity index (χ4n) is 2.97. The van der Waals surface area contributed by atoms with Gasteiger partial charge in [-0.15, -0.1) is 0 Å². The second-order valence-corrected chi connectivity index (χ2v) is 5.60. The minimum absolute atomic E-state index is 0.616. The van der Waals surface area contributed by atoms with Gasteiger partial charge in [-0.3, -0.25) is 0 Å². The first-order valence-corrected chi connectivity index (χ1v) is 7.45. The summed E-state index contributed by atoms with van der Waals surface area (Å²) in [6, 6.07) is 6.84. The van der Waals surface area contributed by atoms with E-state index in [1.54, 1.807) is 0 Å². The van der Waals surface area contributed by atoms with Crippen LogP contribution in [0.2, 0.25) is 0 Å². The van der Waals surface area contributed by atoms with Gasteiger partial charge in [-0.05, 0) is 31.0 Å². The number of aromatic nitrogens is 1. The lowest BCUT2D eigenvalue weighted by molar-refractivity contribution is 0.471. The monoisotopic (exact) mass is 258 g/mol. The lowest BCUT2D eigenvalue weighted by Crippen LogP contribution is -2.20. The topological polar surface area (TPSA) is 38.1 Å². The quantitative estimate of drug-likeness (QED) is 0.851. The molecule has 1 fully saturated rings. The highest BCUT2D eigenvalue weighted by Gasteiger charge is 2.11. The molecule has 19 heavy (non-hydrogen) atoms. The van der Waals surface area contributed by atoms with E-state index in [-0.39, 0.29) is 0 Å². The van der Waals surface area contributed by atoms with Crippen LogP contribution in [0.3, 0.4) is 0 Å². The fourth-order valence-corrected chi connectivity index (χ4v) is 2.97. The Morgan fingerprint density at radius 3 is 2.63 bits per heavy atom. The van der Waals surface area contributed by atoms with Crippen LogP contribution in [0, 0.1) is 6.92 Å². The highest BCUT2D eigenvalue weighted by Crippen LogP contribution is 2.24. The number of nitrogens with one attached hydrogen (secondary N) is 1. The zero-order chi connectivity index (χ0) is 13.1. The second kappa shape index (κ2) is 5.64. The molecule has 0 aliphatic heterocycles. The lowest BCUT2D eigenvalue weighted by Gasteiger charge is -2.22. The van der Waals surface area contributed by atoms with Gasteiger partial charge in [-0.2, -0.15) is 0 Å². The summed E-state index contributed by atoms with van der Waals surface area (Å²) in [5, 5.41) is 3.67. The van der Waals surface area contributed by atoms with Crippen LogP contribution < -0.4 is 5.32 Å². The molecule has 3 heteroatoms. The number of benzene rings is 1. The summed E-state index contributed by atoms with van der Waals surface area (Å²) in [6.07, 6.45) is 9.47. The van der Waals surface area contributed by atoms with Crippen molar-refractivity contribution in [1.82, 2.24) is 4.98 Å². The summed E-state index contributed by atoms with van der Waals surface area (Å²) in [6.45, 7) is 1.89. The predicted molar refractivity (Wildman–Crippen MR) is 78.5 cm³/mol. The van der Waals surface area contributed by atoms with Crippen molar-refractivity contribution < 1.29 is 4.42 Å². The molecular formula is C16H22N2O. The maximum Gasteiger partial charge on any atom is 0.192 e. The molecule has 0 unspecified atom stereocenters. The molecule has 102 valence electrons. The average Bonchev–Trinajstić information content (AvgIpc) is 2.72. The van der Waals surface area contributed by atoms with Gasteiger partial charge in [0.1, 0.15) is 5.52 Å². The Labute approximate surface area is 114 Å². The van der Waals surface area contributed by atoms with Crippen LogP contribution in [0.5, 0.6) is 0 Å². The molecule has 1 heterocycles. The molecule has 3 rings (SSSR count). The summed E-state index contributed by atoms with van der Waals surface area (Å²) < 4.78 is 5.51. The van der Waals surface area contributed by atoms with Gasteiger partial charge < -0.3 is 9.73 Å². The zero-order valence-electron chi connectivity index (χ0n) is 11.6. The van der Waals surface area contributed by atoms with Crippen LogP contribution in [0.15, 0.2) is 22.6 Å². The molecule has 2 aromatic rings. The Balaban J connectivity index is 1.72. The smallest absolute Gasteiger partial charge is 0.192 e. The third-order valence-corrected chi connectivity index (χ3v) is 3.97. The Hall–Kier alpha value is -1.51. The van der Waals surface area contributed by atoms with Crippen LogP contribution >= 0.6 is 0 Å². The zero-order valence-corrected chi connectivity index (χ0v) is 11.6. The van der Waals surface area contributed by atoms with E-state index < -0.39 is 0 Å². The molecule has 1 N–H and O–H groups in total. The lowest BCUT2D eigenvalue weighted by atomic mass is 9.96. The third-order valence-electron chi connectivity index (χ3n) is 3.97. The number of aryl methyl sites for hydroxylation is 1. The molecule has 1 aliphatic rings. The molecular weight excluding hydrogens is 236 g/mol. The molecule has 0 saturated heterocycles. The van der Waals surface area contributed by atoms with E-state index in [1.165, 1.54) is 50.6 Å². The molecule has 0 amide bonds. The first-order chi connectivity index (χ1) is 9.31. The minimum Gasteiger partial charge on any atom is -0.441 e. The number of oxazole rings is 1. The van der Waals surface area contributed by atoms with Gasteiger partial charge in [-0.1, -0.05) is 32.1 Å². The number of anilines is 1. The predicted octanol–water partition coefficient (Wildman–Crippen LogP) is 4.66. The van der Waals surface area contributed by atoms with E-state index >= 15 is 0 Å². The van der Waals surface area contributed by atoms with Gasteiger partial charge in [-0.25, -0.2) is 4.98 Å². The van der Waals surface area contributed by atoms with Crippen molar-refractivity contribution >= 4 is 16.8 Å². The van der Waals surface area contributed by atoms with E-state index in [0.717, 1.165) is 17.0 Å². The van der Waals surface area contributed by atoms with E-state index in [2.05, 4.69) is 22.4 Å². The summed E-state index contributed by atoms with van der Waals surface area (Å²) in [5.74, 6) is 0.734. The highest BCUT2D eigenvalue weighted by atomic mass is 16.3. The maximum absolute atomic E-state index is 5.51. The molecule has 0 radical (unpaired) electrons. The van der Waals surface area contributed by atoms with Gasteiger partial charge in [0, 0.05) is 18.7 Å². The van der Waals surface area contributed by atoms with Crippen LogP contribution in [0.1, 0.15) is 50.8 Å². The maximum atomic E-state index is 5.51. The van der Waals surface area contributed by atoms with Gasteiger partial charge in [0.15, 0.2) is 11.5 Å². The fraction of sp³-hybridized carbons (Fsp3) is 0.562. The summed E-state index contributed by atoms with van der Waals surface area (Å²) in [7, 11) is 0. The van der Waals surface area contributed by atoms with Gasteiger partial charge >= 0.3 is 0 Å². The summed E-state index contributed by atoms with van der Waals surface area (Å²) >= 11 is 0. The molecule has 0 atom stereocenters. The molecule has 1 aliphatic carbocycles. The van der Waals surface area contributed by atoms with E-state index in [9.17, 15) is 0 Å². The van der Waals surface area contributed by atoms with Gasteiger partial charge in [0.25, 0.3) is 0 Å². The Morgan fingerprint density at radius 2 is 1.84 bits per heavy atom. The Kier molecular flexibility index (Phi) is 3.72. The van der Waals surface area contributed by atoms with Crippen molar-refractivity contribution in [2.45, 2.75) is 57.9 Å². The van der Waals surface area contributed by atoms with Crippen LogP contribution in [0.25, 0.3) is 11.1 Å². The molecule has 0 bridgehead atoms. The first-order valence-electron chi connectivity index (χ1n) is 7.45. The summed E-state index contributed by atoms with van der Waals surface area (Å²) in [4.78, 5) is 4.39. The SMILES string of the molecule is Cc1nc2cc(NC3CCCCCCC3)ccc2o1. The van der Waals surface area contributed by atoms with Crippen molar-refractivity contribution in [3.8, 4) is 0 Å². The standard InChI is InChI=1S/C16H22N2O/c1-12-17-15-11-14(9-10-16(15)19-12)18-13-7-5-3-2-4-6-8-13/h9-11,13,18H,2-8H2,1H3. The molecule has 1 saturated carbocycles. The third kappa shape index (κ3) is 3.09. The largest absolute Gasteiger partial charge is 0.441 e. The van der Waals surface area contributed by atoms with Crippen molar-refractivity contribution in [1.29, 1.82) is 0 Å². The number of fused-ring (bicyclic) bond motifs is 1. The molecule has 1 aromatic heterocycles. The van der Waals surface area contributed by atoms with E-state index in [4.69, 9.17) is 4.42 Å². The number of hydrogen-bond acceptors (Lipinski definition) is 3. The van der Waals surface area contributed by atoms with Gasteiger partial charge in [0.05, 0.1) is 0 Å². The Bertz CT molecular complexity index is 539. The first kappa shape index (κ1) is 12.5. The van der Waals surface area contributed by atoms with Crippen LogP contribution in [0.4, 0.5) is 5.69 Å². The molecule has 0 spiro atoms. The van der Waals surface area contributed by atoms with Crippen molar-refractivity contribution in [2.75, 3.05) is 5.32 Å². The van der Waals surface area contributed by atoms with Crippen LogP contribution in [-0.4, -0.2) is 11.0 Å². The number of hydrogen-bond donors (Lipinski definition) is 1. The van der Waals surface area contributed by atoms with E-state index in [0.29, 0.717) is 6.04 Å². The highest BCUT2D eigenvalue weighted by molar-refractivity contribution is 5.77. The Morgan fingerprint density at radius 1 is 1.11 bits per heavy atom. The van der Waals surface area contributed by atoms with Crippen molar-refractivity contribution in [3.63, 3.8) is 0 Å². The normalized spacial score (nSPS) is 18.2. The van der Waals surface area contributed by atoms with Crippen molar-refractivity contribution in [2.24, 2.45) is 0 Å². The second-order valence-electron chi connectivity index (χ2n) is 5.60. The minimum atomic E-state index is 0.616. The summed E-state index contributed by atoms with van der Waals surface area (Å²) in [5.41, 5.74) is 3.00. The average molecular weight is 258 g/mol. The van der Waals surface area contributed by atoms with Gasteiger partial charge in [0.2, 0.25) is 0 Å². The van der Waals surface area contributed by atoms with Crippen molar-refractivity contribution in [3.05, 3.63) is 24.1 Å². The van der Waals surface area contributed by atoms with Crippen LogP contribution in [-0.2, 0) is 0 Å². The number of nitrogens with zero attached hydrogens (tertiary/aromatic N) is 1. The number of rotatable bonds is 2. The molecule has 1 aromatic carbocycles. The van der Waals surface area contributed by atoms with E-state index in [1.807, 2.05) is 13.0 Å².